The zero-order chi connectivity index (χ0) is 40.4. The van der Waals surface area contributed by atoms with Gasteiger partial charge in [-0.25, -0.2) is 4.98 Å². The van der Waals surface area contributed by atoms with Gasteiger partial charge in [0, 0.05) is 31.8 Å². The maximum atomic E-state index is 13.7. The molecule has 17 nitrogen and oxygen atoms in total. The molecule has 0 aliphatic rings. The number of nitrogens with one attached hydrogen (secondary N) is 5. The lowest BCUT2D eigenvalue weighted by atomic mass is 10.0. The van der Waals surface area contributed by atoms with E-state index in [0.717, 1.165) is 25.7 Å². The maximum absolute atomic E-state index is 13.7. The average molecular weight is 777 g/mol. The lowest BCUT2D eigenvalue weighted by molar-refractivity contribution is -0.136. The molecule has 0 spiro atoms. The van der Waals surface area contributed by atoms with Gasteiger partial charge in [-0.15, -0.1) is 0 Å². The minimum atomic E-state index is -4.54. The van der Waals surface area contributed by atoms with Gasteiger partial charge in [0.15, 0.2) is 0 Å². The molecule has 9 N–H and O–H groups in total. The Bertz CT molecular complexity index is 1570. The Morgan fingerprint density at radius 1 is 0.870 bits per heavy atom. The van der Waals surface area contributed by atoms with Crippen LogP contribution in [0.1, 0.15) is 78.0 Å². The third-order valence-electron chi connectivity index (χ3n) is 8.69. The fourth-order valence-electron chi connectivity index (χ4n) is 5.82. The molecule has 0 unspecified atom stereocenters. The molecule has 0 fully saturated rings. The highest BCUT2D eigenvalue weighted by Gasteiger charge is 2.33. The van der Waals surface area contributed by atoms with E-state index in [1.54, 1.807) is 0 Å². The predicted molar refractivity (Wildman–Crippen MR) is 201 cm³/mol. The van der Waals surface area contributed by atoms with E-state index < -0.39 is 73.4 Å². The van der Waals surface area contributed by atoms with E-state index in [4.69, 9.17) is 5.73 Å². The Balaban J connectivity index is 2.06. The summed E-state index contributed by atoms with van der Waals surface area (Å²) < 4.78 is 11.5. The molecule has 1 heterocycles. The number of benzene rings is 1. The number of carbonyl (C=O) groups excluding carboxylic acids is 6. The molecule has 0 saturated carbocycles. The van der Waals surface area contributed by atoms with Crippen LogP contribution in [0.4, 0.5) is 0 Å². The molecule has 18 heteroatoms. The zero-order valence-corrected chi connectivity index (χ0v) is 32.6. The van der Waals surface area contributed by atoms with Crippen molar-refractivity contribution in [3.05, 3.63) is 54.1 Å². The molecule has 0 aliphatic carbocycles. The van der Waals surface area contributed by atoms with Gasteiger partial charge in [0.2, 0.25) is 35.4 Å². The number of H-pyrrole nitrogens is 1. The number of hydrogen-bond acceptors (Lipinski definition) is 8. The van der Waals surface area contributed by atoms with Crippen LogP contribution in [0, 0.1) is 11.8 Å². The summed E-state index contributed by atoms with van der Waals surface area (Å²) in [6.07, 6.45) is 6.85. The van der Waals surface area contributed by atoms with Crippen molar-refractivity contribution in [3.8, 4) is 0 Å². The molecule has 54 heavy (non-hydrogen) atoms. The number of aryl methyl sites for hydroxylation is 1. The number of nitrogens with two attached hydrogens (primary N) is 1. The molecule has 0 saturated heterocycles. The second kappa shape index (κ2) is 22.6. The molecule has 2 rings (SSSR count). The Labute approximate surface area is 316 Å². The lowest BCUT2D eigenvalue weighted by Crippen LogP contribution is -2.59. The summed E-state index contributed by atoms with van der Waals surface area (Å²) in [6, 6.07) is 5.17. The van der Waals surface area contributed by atoms with E-state index in [0.29, 0.717) is 18.7 Å². The van der Waals surface area contributed by atoms with E-state index >= 15 is 0 Å². The predicted octanol–water partition coefficient (Wildman–Crippen LogP) is 0.908. The van der Waals surface area contributed by atoms with Crippen LogP contribution >= 0.6 is 7.60 Å². The summed E-state index contributed by atoms with van der Waals surface area (Å²) in [4.78, 5) is 105. The fourth-order valence-corrected chi connectivity index (χ4v) is 6.79. The normalized spacial score (nSPS) is 14.2. The quantitative estimate of drug-likeness (QED) is 0.0552. The smallest absolute Gasteiger partial charge is 0.325 e. The van der Waals surface area contributed by atoms with Gasteiger partial charge in [-0.3, -0.25) is 33.3 Å². The molecule has 6 amide bonds. The zero-order valence-electron chi connectivity index (χ0n) is 31.7. The van der Waals surface area contributed by atoms with Crippen LogP contribution < -0.4 is 27.0 Å². The van der Waals surface area contributed by atoms with Crippen LogP contribution in [-0.2, 0) is 46.2 Å². The van der Waals surface area contributed by atoms with Crippen LogP contribution in [0.3, 0.4) is 0 Å². The number of unbranched alkanes of at least 4 members (excludes halogenated alkanes) is 3. The monoisotopic (exact) mass is 776 g/mol. The van der Waals surface area contributed by atoms with Gasteiger partial charge in [-0.2, -0.15) is 0 Å². The molecule has 0 aliphatic heterocycles. The molecular formula is C36H57N8O9P. The van der Waals surface area contributed by atoms with Crippen molar-refractivity contribution in [1.29, 1.82) is 0 Å². The first kappa shape index (κ1) is 45.6. The molecule has 0 radical (unpaired) electrons. The molecule has 1 aromatic heterocycles. The third-order valence-corrected chi connectivity index (χ3v) is 9.74. The van der Waals surface area contributed by atoms with Crippen LogP contribution in [0.5, 0.6) is 0 Å². The van der Waals surface area contributed by atoms with Gasteiger partial charge in [0.25, 0.3) is 0 Å². The first-order chi connectivity index (χ1) is 25.4. The molecule has 2 aromatic rings. The summed E-state index contributed by atoms with van der Waals surface area (Å²) in [5.41, 5.74) is 7.13. The number of primary amides is 1. The second-order valence-corrected chi connectivity index (χ2v) is 15.8. The van der Waals surface area contributed by atoms with Crippen LogP contribution in [-0.4, -0.2) is 104 Å². The van der Waals surface area contributed by atoms with Crippen LogP contribution in [0.25, 0.3) is 0 Å². The Morgan fingerprint density at radius 3 is 2.09 bits per heavy atom. The van der Waals surface area contributed by atoms with Crippen LogP contribution in [0.15, 0.2) is 42.9 Å². The minimum absolute atomic E-state index is 0.0457. The third kappa shape index (κ3) is 17.5. The van der Waals surface area contributed by atoms with Crippen LogP contribution in [0.2, 0.25) is 0 Å². The summed E-state index contributed by atoms with van der Waals surface area (Å²) in [5.74, 6) is -5.19. The van der Waals surface area contributed by atoms with Crippen molar-refractivity contribution >= 4 is 43.0 Å². The van der Waals surface area contributed by atoms with Gasteiger partial charge in [-0.05, 0) is 50.0 Å². The van der Waals surface area contributed by atoms with Gasteiger partial charge in [0.1, 0.15) is 24.2 Å². The summed E-state index contributed by atoms with van der Waals surface area (Å²) in [6.45, 7) is 7.91. The first-order valence-corrected chi connectivity index (χ1v) is 20.0. The summed E-state index contributed by atoms with van der Waals surface area (Å²) in [5, 5.41) is 10.2. The topological polar surface area (TPSA) is 266 Å². The van der Waals surface area contributed by atoms with Gasteiger partial charge in [-0.1, -0.05) is 63.9 Å². The Morgan fingerprint density at radius 2 is 1.52 bits per heavy atom. The highest BCUT2D eigenvalue weighted by atomic mass is 31.2. The van der Waals surface area contributed by atoms with E-state index in [1.807, 2.05) is 32.0 Å². The van der Waals surface area contributed by atoms with E-state index in [2.05, 4.69) is 43.4 Å². The largest absolute Gasteiger partial charge is 0.368 e. The van der Waals surface area contributed by atoms with Crippen molar-refractivity contribution < 1.29 is 43.1 Å². The minimum Gasteiger partial charge on any atom is -0.368 e. The number of hydrogen-bond donors (Lipinski definition) is 8. The summed E-state index contributed by atoms with van der Waals surface area (Å²) >= 11 is 0. The molecule has 1 aromatic carbocycles. The molecule has 5 atom stereocenters. The average Bonchev–Trinajstić information content (AvgIpc) is 3.59. The number of amides is 6. The number of rotatable bonds is 24. The van der Waals surface area contributed by atoms with Crippen molar-refractivity contribution in [1.82, 2.24) is 36.1 Å². The molecule has 0 bridgehead atoms. The number of carbonyl (C=O) groups is 6. The van der Waals surface area contributed by atoms with E-state index in [9.17, 15) is 43.1 Å². The number of nitrogens with zero attached hydrogens (tertiary/aromatic N) is 2. The Kier molecular flexibility index (Phi) is 19.0. The van der Waals surface area contributed by atoms with Crippen molar-refractivity contribution in [2.24, 2.45) is 17.6 Å². The number of aromatic nitrogens is 2. The van der Waals surface area contributed by atoms with E-state index in [-0.39, 0.29) is 31.2 Å². The van der Waals surface area contributed by atoms with Crippen molar-refractivity contribution in [2.45, 2.75) is 104 Å². The highest BCUT2D eigenvalue weighted by molar-refractivity contribution is 7.51. The number of aromatic amines is 1. The highest BCUT2D eigenvalue weighted by Crippen LogP contribution is 2.37. The molecular weight excluding hydrogens is 719 g/mol. The van der Waals surface area contributed by atoms with Gasteiger partial charge in [0.05, 0.1) is 19.0 Å². The lowest BCUT2D eigenvalue weighted by Gasteiger charge is -2.27. The maximum Gasteiger partial charge on any atom is 0.325 e. The van der Waals surface area contributed by atoms with Crippen molar-refractivity contribution in [3.63, 3.8) is 0 Å². The first-order valence-electron chi connectivity index (χ1n) is 18.2. The summed E-state index contributed by atoms with van der Waals surface area (Å²) in [7, 11) is -4.54. The molecule has 300 valence electrons. The van der Waals surface area contributed by atoms with Crippen molar-refractivity contribution in [2.75, 3.05) is 19.3 Å². The number of imidazole rings is 1. The fraction of sp³-hybridized carbons (Fsp3) is 0.583. The van der Waals surface area contributed by atoms with Gasteiger partial charge < -0.3 is 46.7 Å². The second-order valence-electron chi connectivity index (χ2n) is 14.1. The SMILES string of the molecule is CC(=O)N(CCCCCCc1ccccc1)CC(=O)N[C@@H](CC(C)C)C(=O)N[C@@H](Cc1cnc[nH]1)C(=O)N[C@@H](C)C(=O)N[C@H](C(N)=O)[C@@H](C)CP(=O)(O)O. The standard InChI is InChI=1S/C36H57N8O9P/c1-23(2)17-29(41-31(46)20-44(26(5)45)16-12-7-6-9-13-27-14-10-8-11-15-27)36(50)42-30(18-28-19-38-22-39-28)35(49)40-25(4)34(48)43-32(33(37)47)24(3)21-54(51,52)53/h8,10-11,14-15,19,22-25,29-30,32H,6-7,9,12-13,16-18,20-21H2,1-5H3,(H2,37,47)(H,38,39)(H,40,49)(H,41,46)(H,42,50)(H,43,48)(H2,51,52,53)/t24-,25-,29-,30-,32-/m0/s1. The van der Waals surface area contributed by atoms with E-state index in [1.165, 1.54) is 43.8 Å². The Hall–Kier alpha value is -4.60. The van der Waals surface area contributed by atoms with Gasteiger partial charge >= 0.3 is 7.60 Å².